The van der Waals surface area contributed by atoms with Crippen molar-refractivity contribution in [2.75, 3.05) is 0 Å². The topological polar surface area (TPSA) is 61.3 Å². The average Bonchev–Trinajstić information content (AvgIpc) is 2.73. The molecule has 0 aliphatic carbocycles. The number of ether oxygens (including phenoxy) is 2. The smallest absolute Gasteiger partial charge is 0.338 e. The first-order valence-corrected chi connectivity index (χ1v) is 9.45. The largest absolute Gasteiger partial charge is 0.457 e. The van der Waals surface area contributed by atoms with Crippen LogP contribution in [0.4, 0.5) is 0 Å². The Kier molecular flexibility index (Phi) is 5.60. The molecule has 0 amide bonds. The summed E-state index contributed by atoms with van der Waals surface area (Å²) in [4.78, 5) is 20.9. The van der Waals surface area contributed by atoms with E-state index in [1.54, 1.807) is 48.5 Å². The molecular formula is C22H14Cl2N2O3. The van der Waals surface area contributed by atoms with Crippen LogP contribution in [-0.2, 0) is 11.3 Å². The summed E-state index contributed by atoms with van der Waals surface area (Å²) in [6.45, 7) is 0.105. The molecule has 0 fully saturated rings. The standard InChI is InChI=1S/C22H14Cl2N2O3/c23-16-7-10-19-20(11-16)25-12-21(26-19)29-17-8-5-14(6-9-17)22(27)28-13-15-3-1-2-4-18(15)24/h1-12H,13H2. The summed E-state index contributed by atoms with van der Waals surface area (Å²) in [6, 6.07) is 19.0. The molecule has 0 unspecified atom stereocenters. The second-order valence-electron chi connectivity index (χ2n) is 6.14. The van der Waals surface area contributed by atoms with Crippen molar-refractivity contribution in [3.8, 4) is 11.6 Å². The van der Waals surface area contributed by atoms with Gasteiger partial charge in [-0.3, -0.25) is 0 Å². The molecule has 4 aromatic rings. The van der Waals surface area contributed by atoms with Gasteiger partial charge in [0.05, 0.1) is 22.8 Å². The fourth-order valence-electron chi connectivity index (χ4n) is 2.64. The average molecular weight is 425 g/mol. The third-order valence-corrected chi connectivity index (χ3v) is 4.72. The lowest BCUT2D eigenvalue weighted by Gasteiger charge is -2.08. The highest BCUT2D eigenvalue weighted by atomic mass is 35.5. The SMILES string of the molecule is O=C(OCc1ccccc1Cl)c1ccc(Oc2cnc3cc(Cl)ccc3n2)cc1. The number of carbonyl (C=O) groups excluding carboxylic acids is 1. The van der Waals surface area contributed by atoms with Gasteiger partial charge in [0.25, 0.3) is 0 Å². The van der Waals surface area contributed by atoms with Crippen molar-refractivity contribution in [1.82, 2.24) is 9.97 Å². The van der Waals surface area contributed by atoms with E-state index in [-0.39, 0.29) is 6.61 Å². The minimum atomic E-state index is -0.446. The van der Waals surface area contributed by atoms with Crippen LogP contribution in [0.25, 0.3) is 11.0 Å². The predicted octanol–water partition coefficient (Wildman–Crippen LogP) is 6.09. The van der Waals surface area contributed by atoms with Gasteiger partial charge in [-0.05, 0) is 48.5 Å². The van der Waals surface area contributed by atoms with Gasteiger partial charge >= 0.3 is 5.97 Å². The van der Waals surface area contributed by atoms with Gasteiger partial charge in [0.1, 0.15) is 12.4 Å². The highest BCUT2D eigenvalue weighted by molar-refractivity contribution is 6.31. The highest BCUT2D eigenvalue weighted by Gasteiger charge is 2.10. The van der Waals surface area contributed by atoms with Gasteiger partial charge in [-0.1, -0.05) is 41.4 Å². The van der Waals surface area contributed by atoms with E-state index in [4.69, 9.17) is 32.7 Å². The van der Waals surface area contributed by atoms with E-state index < -0.39 is 5.97 Å². The summed E-state index contributed by atoms with van der Waals surface area (Å²) in [5, 5.41) is 1.15. The first-order chi connectivity index (χ1) is 14.1. The van der Waals surface area contributed by atoms with Crippen LogP contribution in [0.1, 0.15) is 15.9 Å². The molecule has 5 nitrogen and oxygen atoms in total. The molecule has 0 saturated carbocycles. The van der Waals surface area contributed by atoms with E-state index in [2.05, 4.69) is 9.97 Å². The van der Waals surface area contributed by atoms with E-state index in [9.17, 15) is 4.79 Å². The van der Waals surface area contributed by atoms with Crippen molar-refractivity contribution in [3.05, 3.63) is 94.1 Å². The Labute approximate surface area is 176 Å². The molecular weight excluding hydrogens is 411 g/mol. The van der Waals surface area contributed by atoms with Crippen LogP contribution in [0.15, 0.2) is 72.9 Å². The second-order valence-corrected chi connectivity index (χ2v) is 6.98. The van der Waals surface area contributed by atoms with Gasteiger partial charge in [-0.2, -0.15) is 0 Å². The number of hydrogen-bond donors (Lipinski definition) is 0. The van der Waals surface area contributed by atoms with Crippen molar-refractivity contribution in [2.45, 2.75) is 6.61 Å². The fraction of sp³-hybridized carbons (Fsp3) is 0.0455. The molecule has 0 aliphatic rings. The Balaban J connectivity index is 1.41. The van der Waals surface area contributed by atoms with E-state index in [0.717, 1.165) is 5.56 Å². The molecule has 0 saturated heterocycles. The first-order valence-electron chi connectivity index (χ1n) is 8.69. The molecule has 1 aromatic heterocycles. The number of rotatable bonds is 5. The molecule has 0 N–H and O–H groups in total. The second kappa shape index (κ2) is 8.47. The lowest BCUT2D eigenvalue weighted by atomic mass is 10.2. The van der Waals surface area contributed by atoms with Gasteiger partial charge in [0.2, 0.25) is 5.88 Å². The summed E-state index contributed by atoms with van der Waals surface area (Å²) >= 11 is 12.0. The number of nitrogens with zero attached hydrogens (tertiary/aromatic N) is 2. The Bertz CT molecular complexity index is 1180. The summed E-state index contributed by atoms with van der Waals surface area (Å²) in [5.74, 6) is 0.419. The van der Waals surface area contributed by atoms with Crippen LogP contribution in [-0.4, -0.2) is 15.9 Å². The number of fused-ring (bicyclic) bond motifs is 1. The van der Waals surface area contributed by atoms with Gasteiger partial charge in [-0.25, -0.2) is 14.8 Å². The van der Waals surface area contributed by atoms with Gasteiger partial charge < -0.3 is 9.47 Å². The minimum Gasteiger partial charge on any atom is -0.457 e. The zero-order valence-corrected chi connectivity index (χ0v) is 16.5. The van der Waals surface area contributed by atoms with Gasteiger partial charge in [0.15, 0.2) is 0 Å². The fourth-order valence-corrected chi connectivity index (χ4v) is 2.99. The molecule has 29 heavy (non-hydrogen) atoms. The Hall–Kier alpha value is -3.15. The number of benzene rings is 3. The van der Waals surface area contributed by atoms with E-state index in [1.807, 2.05) is 18.2 Å². The Morgan fingerprint density at radius 2 is 1.72 bits per heavy atom. The molecule has 7 heteroatoms. The molecule has 3 aromatic carbocycles. The monoisotopic (exact) mass is 424 g/mol. The lowest BCUT2D eigenvalue weighted by Crippen LogP contribution is -2.05. The van der Waals surface area contributed by atoms with Crippen molar-refractivity contribution in [3.63, 3.8) is 0 Å². The number of carbonyl (C=O) groups is 1. The third-order valence-electron chi connectivity index (χ3n) is 4.11. The molecule has 0 aliphatic heterocycles. The van der Waals surface area contributed by atoms with Crippen LogP contribution < -0.4 is 4.74 Å². The first kappa shape index (κ1) is 19.2. The zero-order valence-electron chi connectivity index (χ0n) is 15.0. The normalized spacial score (nSPS) is 10.7. The van der Waals surface area contributed by atoms with Gasteiger partial charge in [0, 0.05) is 15.6 Å². The molecule has 144 valence electrons. The van der Waals surface area contributed by atoms with Crippen LogP contribution in [0, 0.1) is 0 Å². The summed E-state index contributed by atoms with van der Waals surface area (Å²) < 4.78 is 11.0. The quantitative estimate of drug-likeness (QED) is 0.363. The van der Waals surface area contributed by atoms with E-state index in [1.165, 1.54) is 6.20 Å². The van der Waals surface area contributed by atoms with E-state index in [0.29, 0.717) is 38.3 Å². The summed E-state index contributed by atoms with van der Waals surface area (Å²) in [5.41, 5.74) is 2.51. The van der Waals surface area contributed by atoms with Crippen molar-refractivity contribution in [1.29, 1.82) is 0 Å². The third kappa shape index (κ3) is 4.65. The maximum absolute atomic E-state index is 12.2. The molecule has 1 heterocycles. The molecule has 0 radical (unpaired) electrons. The molecule has 0 spiro atoms. The predicted molar refractivity (Wildman–Crippen MR) is 112 cm³/mol. The summed E-state index contributed by atoms with van der Waals surface area (Å²) in [7, 11) is 0. The van der Waals surface area contributed by atoms with Crippen LogP contribution in [0.3, 0.4) is 0 Å². The number of hydrogen-bond acceptors (Lipinski definition) is 5. The van der Waals surface area contributed by atoms with Crippen LogP contribution >= 0.6 is 23.2 Å². The Morgan fingerprint density at radius 1 is 0.931 bits per heavy atom. The van der Waals surface area contributed by atoms with Crippen molar-refractivity contribution >= 4 is 40.2 Å². The maximum atomic E-state index is 12.2. The number of halogens is 2. The van der Waals surface area contributed by atoms with Crippen LogP contribution in [0.2, 0.25) is 10.0 Å². The van der Waals surface area contributed by atoms with Crippen molar-refractivity contribution < 1.29 is 14.3 Å². The molecule has 0 atom stereocenters. The maximum Gasteiger partial charge on any atom is 0.338 e. The van der Waals surface area contributed by atoms with E-state index >= 15 is 0 Å². The minimum absolute atomic E-state index is 0.105. The Morgan fingerprint density at radius 3 is 2.52 bits per heavy atom. The summed E-state index contributed by atoms with van der Waals surface area (Å²) in [6.07, 6.45) is 1.52. The van der Waals surface area contributed by atoms with Gasteiger partial charge in [-0.15, -0.1) is 0 Å². The van der Waals surface area contributed by atoms with Crippen LogP contribution in [0.5, 0.6) is 11.6 Å². The highest BCUT2D eigenvalue weighted by Crippen LogP contribution is 2.23. The zero-order chi connectivity index (χ0) is 20.2. The number of aromatic nitrogens is 2. The molecule has 0 bridgehead atoms. The molecule has 4 rings (SSSR count). The van der Waals surface area contributed by atoms with Crippen molar-refractivity contribution in [2.24, 2.45) is 0 Å². The number of esters is 1. The lowest BCUT2D eigenvalue weighted by molar-refractivity contribution is 0.0473.